The molecule has 0 heterocycles. The van der Waals surface area contributed by atoms with Crippen LogP contribution in [-0.4, -0.2) is 33.8 Å². The van der Waals surface area contributed by atoms with E-state index in [0.29, 0.717) is 24.0 Å². The van der Waals surface area contributed by atoms with Crippen LogP contribution in [0.15, 0.2) is 24.3 Å². The smallest absolute Gasteiger partial charge is 0.337 e. The predicted molar refractivity (Wildman–Crippen MR) is 78.7 cm³/mol. The van der Waals surface area contributed by atoms with Gasteiger partial charge < -0.3 is 9.29 Å². The second-order valence-corrected chi connectivity index (χ2v) is 5.94. The topological polar surface area (TPSA) is 66.4 Å². The number of rotatable bonds is 7. The summed E-state index contributed by atoms with van der Waals surface area (Å²) in [5.41, 5.74) is -0.159. The van der Waals surface area contributed by atoms with Crippen molar-refractivity contribution in [1.82, 2.24) is 0 Å². The summed E-state index contributed by atoms with van der Waals surface area (Å²) in [6.45, 7) is 3.25. The van der Waals surface area contributed by atoms with E-state index in [-0.39, 0.29) is 5.75 Å². The van der Waals surface area contributed by atoms with Crippen LogP contribution < -0.4 is 0 Å². The zero-order valence-electron chi connectivity index (χ0n) is 12.4. The van der Waals surface area contributed by atoms with Gasteiger partial charge in [0.25, 0.3) is 0 Å². The Kier molecular flexibility index (Phi) is 6.48. The van der Waals surface area contributed by atoms with Crippen LogP contribution in [0.25, 0.3) is 0 Å². The molecule has 0 spiro atoms. The highest BCUT2D eigenvalue weighted by molar-refractivity contribution is 7.79. The van der Waals surface area contributed by atoms with Crippen LogP contribution >= 0.6 is 0 Å². The van der Waals surface area contributed by atoms with E-state index in [1.807, 2.05) is 6.92 Å². The third-order valence-corrected chi connectivity index (χ3v) is 4.46. The van der Waals surface area contributed by atoms with Gasteiger partial charge in [-0.2, -0.15) is 0 Å². The lowest BCUT2D eigenvalue weighted by Crippen LogP contribution is -2.40. The lowest BCUT2D eigenvalue weighted by molar-refractivity contribution is 0.0600. The van der Waals surface area contributed by atoms with E-state index in [0.717, 1.165) is 0 Å². The van der Waals surface area contributed by atoms with Crippen molar-refractivity contribution < 1.29 is 22.7 Å². The molecule has 0 aliphatic rings. The standard InChI is InChI=1S/C15H21FO4S/c1-4-9-15(11(2)16,10-21(18)19)13-7-5-12(6-8-13)14(17)20-3/h5-8,11H,4,9-10H2,1-3H3,(H,18,19)/p-1. The van der Waals surface area contributed by atoms with Crippen molar-refractivity contribution in [3.8, 4) is 0 Å². The number of hydrogen-bond acceptors (Lipinski definition) is 4. The van der Waals surface area contributed by atoms with Gasteiger partial charge in [0.1, 0.15) is 6.17 Å². The molecule has 0 radical (unpaired) electrons. The highest BCUT2D eigenvalue weighted by Crippen LogP contribution is 2.36. The van der Waals surface area contributed by atoms with Crippen LogP contribution in [0.4, 0.5) is 4.39 Å². The number of esters is 1. The van der Waals surface area contributed by atoms with E-state index in [1.54, 1.807) is 12.1 Å². The maximum absolute atomic E-state index is 14.2. The first-order valence-corrected chi connectivity index (χ1v) is 8.00. The van der Waals surface area contributed by atoms with Gasteiger partial charge >= 0.3 is 5.97 Å². The van der Waals surface area contributed by atoms with Gasteiger partial charge in [-0.25, -0.2) is 9.18 Å². The maximum atomic E-state index is 14.2. The Hall–Kier alpha value is -1.27. The summed E-state index contributed by atoms with van der Waals surface area (Å²) in [4.78, 5) is 11.4. The lowest BCUT2D eigenvalue weighted by atomic mass is 9.75. The van der Waals surface area contributed by atoms with Crippen molar-refractivity contribution >= 4 is 17.0 Å². The summed E-state index contributed by atoms with van der Waals surface area (Å²) in [5, 5.41) is 0. The molecule has 0 saturated carbocycles. The van der Waals surface area contributed by atoms with Crippen molar-refractivity contribution in [1.29, 1.82) is 0 Å². The van der Waals surface area contributed by atoms with Crippen molar-refractivity contribution in [3.63, 3.8) is 0 Å². The molecule has 1 aromatic carbocycles. The second kappa shape index (κ2) is 7.66. The monoisotopic (exact) mass is 315 g/mol. The second-order valence-electron chi connectivity index (χ2n) is 5.04. The lowest BCUT2D eigenvalue weighted by Gasteiger charge is -2.36. The zero-order valence-corrected chi connectivity index (χ0v) is 13.2. The summed E-state index contributed by atoms with van der Waals surface area (Å²) in [5.74, 6) is -0.765. The fourth-order valence-electron chi connectivity index (χ4n) is 2.56. The number of alkyl halides is 1. The van der Waals surface area contributed by atoms with Crippen molar-refractivity contribution in [2.45, 2.75) is 38.3 Å². The van der Waals surface area contributed by atoms with Crippen LogP contribution in [0, 0.1) is 0 Å². The molecule has 3 atom stereocenters. The van der Waals surface area contributed by atoms with E-state index in [4.69, 9.17) is 0 Å². The average Bonchev–Trinajstić information content (AvgIpc) is 2.45. The molecular weight excluding hydrogens is 295 g/mol. The Labute approximate surface area is 127 Å². The SMILES string of the molecule is CCCC(CS(=O)[O-])(c1ccc(C(=O)OC)cc1)C(C)F. The number of methoxy groups -OCH3 is 1. The van der Waals surface area contributed by atoms with Crippen LogP contribution in [0.1, 0.15) is 42.6 Å². The summed E-state index contributed by atoms with van der Waals surface area (Å²) in [6.07, 6.45) is -0.250. The summed E-state index contributed by atoms with van der Waals surface area (Å²) >= 11 is -2.35. The predicted octanol–water partition coefficient (Wildman–Crippen LogP) is 2.75. The molecular formula is C15H20FO4S-. The molecule has 0 N–H and O–H groups in total. The number of halogens is 1. The molecule has 118 valence electrons. The summed E-state index contributed by atoms with van der Waals surface area (Å²) < 4.78 is 41.1. The van der Waals surface area contributed by atoms with E-state index >= 15 is 0 Å². The minimum Gasteiger partial charge on any atom is -0.772 e. The highest BCUT2D eigenvalue weighted by atomic mass is 32.2. The summed E-state index contributed by atoms with van der Waals surface area (Å²) in [7, 11) is 1.28. The van der Waals surface area contributed by atoms with Crippen LogP contribution in [0.2, 0.25) is 0 Å². The fourth-order valence-corrected chi connectivity index (χ4v) is 3.52. The number of carbonyl (C=O) groups is 1. The number of benzene rings is 1. The first-order valence-electron chi connectivity index (χ1n) is 6.76. The molecule has 1 rings (SSSR count). The Morgan fingerprint density at radius 3 is 2.38 bits per heavy atom. The molecule has 6 heteroatoms. The Morgan fingerprint density at radius 1 is 1.43 bits per heavy atom. The van der Waals surface area contributed by atoms with Gasteiger partial charge in [-0.15, -0.1) is 0 Å². The van der Waals surface area contributed by atoms with Gasteiger partial charge in [0.05, 0.1) is 12.7 Å². The molecule has 0 aliphatic carbocycles. The molecule has 21 heavy (non-hydrogen) atoms. The van der Waals surface area contributed by atoms with E-state index in [2.05, 4.69) is 4.74 Å². The van der Waals surface area contributed by atoms with Crippen LogP contribution in [0.5, 0.6) is 0 Å². The Morgan fingerprint density at radius 2 is 2.00 bits per heavy atom. The van der Waals surface area contributed by atoms with Crippen molar-refractivity contribution in [3.05, 3.63) is 35.4 Å². The normalized spacial score (nSPS) is 16.8. The average molecular weight is 315 g/mol. The van der Waals surface area contributed by atoms with E-state index in [1.165, 1.54) is 26.2 Å². The third kappa shape index (κ3) is 4.11. The number of carbonyl (C=O) groups excluding carboxylic acids is 1. The van der Waals surface area contributed by atoms with Gasteiger partial charge in [-0.1, -0.05) is 36.6 Å². The first kappa shape index (κ1) is 17.8. The number of ether oxygens (including phenoxy) is 1. The molecule has 0 bridgehead atoms. The highest BCUT2D eigenvalue weighted by Gasteiger charge is 2.38. The molecule has 0 saturated heterocycles. The molecule has 3 unspecified atom stereocenters. The Balaban J connectivity index is 3.24. The molecule has 0 aliphatic heterocycles. The molecule has 0 aromatic heterocycles. The number of hydrogen-bond donors (Lipinski definition) is 0. The van der Waals surface area contributed by atoms with Gasteiger partial charge in [0.2, 0.25) is 0 Å². The van der Waals surface area contributed by atoms with Gasteiger partial charge in [0, 0.05) is 11.2 Å². The Bertz CT molecular complexity index is 501. The van der Waals surface area contributed by atoms with E-state index in [9.17, 15) is 17.9 Å². The third-order valence-electron chi connectivity index (χ3n) is 3.71. The molecule has 0 fully saturated rings. The zero-order chi connectivity index (χ0) is 16.0. The largest absolute Gasteiger partial charge is 0.772 e. The van der Waals surface area contributed by atoms with E-state index < -0.39 is 28.6 Å². The van der Waals surface area contributed by atoms with Crippen LogP contribution in [-0.2, 0) is 21.2 Å². The quantitative estimate of drug-likeness (QED) is 0.573. The van der Waals surface area contributed by atoms with Gasteiger partial charge in [-0.3, -0.25) is 4.21 Å². The molecule has 4 nitrogen and oxygen atoms in total. The van der Waals surface area contributed by atoms with Gasteiger partial charge in [-0.05, 0) is 31.0 Å². The minimum absolute atomic E-state index is 0.282. The van der Waals surface area contributed by atoms with Crippen molar-refractivity contribution in [2.75, 3.05) is 12.9 Å². The minimum atomic E-state index is -2.35. The molecule has 0 amide bonds. The first-order chi connectivity index (χ1) is 9.87. The van der Waals surface area contributed by atoms with Gasteiger partial charge in [0.15, 0.2) is 0 Å². The van der Waals surface area contributed by atoms with Crippen molar-refractivity contribution in [2.24, 2.45) is 0 Å². The summed E-state index contributed by atoms with van der Waals surface area (Å²) in [6, 6.07) is 6.26. The fraction of sp³-hybridized carbons (Fsp3) is 0.533. The molecule has 1 aromatic rings. The maximum Gasteiger partial charge on any atom is 0.337 e. The van der Waals surface area contributed by atoms with Crippen LogP contribution in [0.3, 0.4) is 0 Å².